The van der Waals surface area contributed by atoms with E-state index in [1.807, 2.05) is 19.2 Å². The van der Waals surface area contributed by atoms with Gasteiger partial charge in [-0.1, -0.05) is 18.9 Å². The Labute approximate surface area is 122 Å². The number of hydrogen-bond acceptors (Lipinski definition) is 4. The maximum atomic E-state index is 6.07. The van der Waals surface area contributed by atoms with E-state index in [1.54, 1.807) is 0 Å². The van der Waals surface area contributed by atoms with Gasteiger partial charge in [0.25, 0.3) is 0 Å². The molecule has 4 heteroatoms. The minimum absolute atomic E-state index is 0.0477. The average Bonchev–Trinajstić information content (AvgIpc) is 3.02. The maximum absolute atomic E-state index is 6.07. The first-order valence-corrected chi connectivity index (χ1v) is 7.95. The van der Waals surface area contributed by atoms with E-state index in [0.717, 1.165) is 24.9 Å². The molecule has 1 atom stereocenters. The first-order chi connectivity index (χ1) is 9.75. The first-order valence-electron chi connectivity index (χ1n) is 7.95. The first kappa shape index (κ1) is 13.8. The second-order valence-corrected chi connectivity index (χ2v) is 6.17. The van der Waals surface area contributed by atoms with Crippen molar-refractivity contribution in [2.24, 2.45) is 5.73 Å². The molecule has 0 aromatic carbocycles. The van der Waals surface area contributed by atoms with Crippen molar-refractivity contribution in [2.45, 2.75) is 44.7 Å². The fraction of sp³-hybridized carbons (Fsp3) is 0.688. The topological polar surface area (TPSA) is 45.4 Å². The van der Waals surface area contributed by atoms with Gasteiger partial charge in [0, 0.05) is 50.0 Å². The van der Waals surface area contributed by atoms with Gasteiger partial charge in [0.15, 0.2) is 0 Å². The molecule has 0 spiro atoms. The smallest absolute Gasteiger partial charge is 0.133 e. The largest absolute Gasteiger partial charge is 0.354 e. The van der Waals surface area contributed by atoms with Crippen LogP contribution in [0.2, 0.25) is 0 Å². The highest BCUT2D eigenvalue weighted by molar-refractivity contribution is 5.48. The fourth-order valence-corrected chi connectivity index (χ4v) is 3.60. The normalized spacial score (nSPS) is 23.2. The molecule has 4 nitrogen and oxygen atoms in total. The molecule has 0 unspecified atom stereocenters. The van der Waals surface area contributed by atoms with Crippen molar-refractivity contribution in [1.29, 1.82) is 0 Å². The fourth-order valence-electron chi connectivity index (χ4n) is 3.60. The van der Waals surface area contributed by atoms with Gasteiger partial charge in [-0.15, -0.1) is 0 Å². The van der Waals surface area contributed by atoms with Gasteiger partial charge in [-0.25, -0.2) is 4.98 Å². The van der Waals surface area contributed by atoms with E-state index < -0.39 is 0 Å². The second-order valence-electron chi connectivity index (χ2n) is 6.17. The molecule has 1 aliphatic heterocycles. The van der Waals surface area contributed by atoms with Gasteiger partial charge >= 0.3 is 0 Å². The van der Waals surface area contributed by atoms with Crippen LogP contribution in [0.4, 0.5) is 5.82 Å². The van der Waals surface area contributed by atoms with E-state index in [4.69, 9.17) is 5.73 Å². The molecule has 2 aliphatic rings. The van der Waals surface area contributed by atoms with Gasteiger partial charge in [-0.3, -0.25) is 4.90 Å². The summed E-state index contributed by atoms with van der Waals surface area (Å²) in [4.78, 5) is 9.66. The van der Waals surface area contributed by atoms with Crippen LogP contribution in [-0.2, 0) is 0 Å². The summed E-state index contributed by atoms with van der Waals surface area (Å²) >= 11 is 0. The summed E-state index contributed by atoms with van der Waals surface area (Å²) in [7, 11) is 0. The van der Waals surface area contributed by atoms with Crippen LogP contribution >= 0.6 is 0 Å². The van der Waals surface area contributed by atoms with Crippen molar-refractivity contribution in [3.8, 4) is 0 Å². The van der Waals surface area contributed by atoms with Crippen molar-refractivity contribution in [1.82, 2.24) is 9.88 Å². The van der Waals surface area contributed by atoms with Gasteiger partial charge in [-0.05, 0) is 25.8 Å². The summed E-state index contributed by atoms with van der Waals surface area (Å²) in [6.45, 7) is 6.52. The summed E-state index contributed by atoms with van der Waals surface area (Å²) in [5.41, 5.74) is 7.24. The Morgan fingerprint density at radius 3 is 2.55 bits per heavy atom. The third kappa shape index (κ3) is 2.81. The highest BCUT2D eigenvalue weighted by atomic mass is 15.3. The zero-order chi connectivity index (χ0) is 13.9. The van der Waals surface area contributed by atoms with E-state index in [-0.39, 0.29) is 6.04 Å². The van der Waals surface area contributed by atoms with Crippen LogP contribution in [0.25, 0.3) is 0 Å². The number of piperazine rings is 1. The molecule has 1 aromatic heterocycles. The summed E-state index contributed by atoms with van der Waals surface area (Å²) in [6, 6.07) is 4.98. The Morgan fingerprint density at radius 2 is 1.90 bits per heavy atom. The van der Waals surface area contributed by atoms with Gasteiger partial charge < -0.3 is 10.6 Å². The molecule has 3 rings (SSSR count). The third-order valence-electron chi connectivity index (χ3n) is 4.76. The molecule has 110 valence electrons. The van der Waals surface area contributed by atoms with Gasteiger partial charge in [-0.2, -0.15) is 0 Å². The predicted octanol–water partition coefficient (Wildman–Crippen LogP) is 2.17. The molecule has 1 saturated heterocycles. The quantitative estimate of drug-likeness (QED) is 0.917. The number of hydrogen-bond donors (Lipinski definition) is 1. The highest BCUT2D eigenvalue weighted by Crippen LogP contribution is 2.27. The summed E-state index contributed by atoms with van der Waals surface area (Å²) in [5.74, 6) is 1.09. The van der Waals surface area contributed by atoms with Crippen LogP contribution < -0.4 is 10.6 Å². The number of pyridine rings is 1. The molecule has 2 fully saturated rings. The SMILES string of the molecule is C[C@H](N)c1cccnc1N1CCN(C2CCCC2)CC1. The molecule has 2 N–H and O–H groups in total. The Kier molecular flexibility index (Phi) is 4.22. The van der Waals surface area contributed by atoms with Crippen LogP contribution in [0, 0.1) is 0 Å². The van der Waals surface area contributed by atoms with Crippen molar-refractivity contribution >= 4 is 5.82 Å². The molecule has 1 aromatic rings. The molecule has 0 bridgehead atoms. The zero-order valence-corrected chi connectivity index (χ0v) is 12.5. The zero-order valence-electron chi connectivity index (χ0n) is 12.5. The van der Waals surface area contributed by atoms with Gasteiger partial charge in [0.05, 0.1) is 0 Å². The number of anilines is 1. The lowest BCUT2D eigenvalue weighted by atomic mass is 10.1. The minimum Gasteiger partial charge on any atom is -0.354 e. The third-order valence-corrected chi connectivity index (χ3v) is 4.76. The van der Waals surface area contributed by atoms with E-state index >= 15 is 0 Å². The monoisotopic (exact) mass is 274 g/mol. The summed E-state index contributed by atoms with van der Waals surface area (Å²) in [5, 5.41) is 0. The molecule has 1 aliphatic carbocycles. The Bertz CT molecular complexity index is 432. The molecular formula is C16H26N4. The average molecular weight is 274 g/mol. The lowest BCUT2D eigenvalue weighted by Crippen LogP contribution is -2.50. The van der Waals surface area contributed by atoms with E-state index in [0.29, 0.717) is 0 Å². The maximum Gasteiger partial charge on any atom is 0.133 e. The van der Waals surface area contributed by atoms with E-state index in [1.165, 1.54) is 44.3 Å². The van der Waals surface area contributed by atoms with Crippen LogP contribution in [0.5, 0.6) is 0 Å². The van der Waals surface area contributed by atoms with Crippen molar-refractivity contribution in [3.63, 3.8) is 0 Å². The lowest BCUT2D eigenvalue weighted by molar-refractivity contribution is 0.187. The molecule has 0 radical (unpaired) electrons. The van der Waals surface area contributed by atoms with E-state index in [9.17, 15) is 0 Å². The minimum atomic E-state index is 0.0477. The lowest BCUT2D eigenvalue weighted by Gasteiger charge is -2.39. The van der Waals surface area contributed by atoms with Gasteiger partial charge in [0.1, 0.15) is 5.82 Å². The van der Waals surface area contributed by atoms with E-state index in [2.05, 4.69) is 20.9 Å². The van der Waals surface area contributed by atoms with Crippen LogP contribution in [-0.4, -0.2) is 42.1 Å². The molecule has 20 heavy (non-hydrogen) atoms. The Balaban J connectivity index is 1.66. The van der Waals surface area contributed by atoms with Crippen molar-refractivity contribution < 1.29 is 0 Å². The molecule has 1 saturated carbocycles. The molecule has 2 heterocycles. The Morgan fingerprint density at radius 1 is 1.20 bits per heavy atom. The highest BCUT2D eigenvalue weighted by Gasteiger charge is 2.27. The Hall–Kier alpha value is -1.13. The number of nitrogens with two attached hydrogens (primary N) is 1. The second kappa shape index (κ2) is 6.10. The van der Waals surface area contributed by atoms with Crippen LogP contribution in [0.3, 0.4) is 0 Å². The van der Waals surface area contributed by atoms with Crippen LogP contribution in [0.15, 0.2) is 18.3 Å². The predicted molar refractivity (Wildman–Crippen MR) is 82.9 cm³/mol. The number of nitrogens with zero attached hydrogens (tertiary/aromatic N) is 3. The molecule has 0 amide bonds. The van der Waals surface area contributed by atoms with Crippen molar-refractivity contribution in [3.05, 3.63) is 23.9 Å². The summed E-state index contributed by atoms with van der Waals surface area (Å²) in [6.07, 6.45) is 7.51. The standard InChI is InChI=1S/C16H26N4/c1-13(17)15-7-4-8-18-16(15)20-11-9-19(10-12-20)14-5-2-3-6-14/h4,7-8,13-14H,2-3,5-6,9-12,17H2,1H3/t13-/m0/s1. The van der Waals surface area contributed by atoms with Crippen molar-refractivity contribution in [2.75, 3.05) is 31.1 Å². The number of rotatable bonds is 3. The van der Waals surface area contributed by atoms with Gasteiger partial charge in [0.2, 0.25) is 0 Å². The molecular weight excluding hydrogens is 248 g/mol. The number of aromatic nitrogens is 1. The summed E-state index contributed by atoms with van der Waals surface area (Å²) < 4.78 is 0. The van der Waals surface area contributed by atoms with Crippen LogP contribution in [0.1, 0.15) is 44.2 Å².